The molecule has 0 saturated carbocycles. The fraction of sp³-hybridized carbons (Fsp3) is 0.562. The Bertz CT molecular complexity index is 491. The number of benzene rings is 1. The lowest BCUT2D eigenvalue weighted by molar-refractivity contribution is 0.0598. The van der Waals surface area contributed by atoms with Crippen molar-refractivity contribution in [2.75, 3.05) is 13.4 Å². The number of hydrogen-bond donors (Lipinski definition) is 0. The van der Waals surface area contributed by atoms with Crippen molar-refractivity contribution < 1.29 is 9.53 Å². The van der Waals surface area contributed by atoms with Crippen LogP contribution in [0.15, 0.2) is 24.3 Å². The van der Waals surface area contributed by atoms with E-state index in [0.717, 1.165) is 25.7 Å². The Kier molecular flexibility index (Phi) is 3.92. The first kappa shape index (κ1) is 13.8. The number of ether oxygens (including phenoxy) is 1. The molecule has 0 aliphatic carbocycles. The van der Waals surface area contributed by atoms with E-state index in [4.69, 9.17) is 4.74 Å². The molecule has 4 heteroatoms. The molecule has 0 spiro atoms. The van der Waals surface area contributed by atoms with E-state index in [1.807, 2.05) is 36.0 Å². The summed E-state index contributed by atoms with van der Waals surface area (Å²) >= 11 is 1.95. The van der Waals surface area contributed by atoms with Gasteiger partial charge >= 0.3 is 0 Å². The third-order valence-corrected chi connectivity index (χ3v) is 5.65. The lowest BCUT2D eigenvalue weighted by Crippen LogP contribution is -2.47. The van der Waals surface area contributed by atoms with Gasteiger partial charge in [0.2, 0.25) is 0 Å². The molecule has 1 aromatic rings. The first-order chi connectivity index (χ1) is 9.74. The molecule has 1 amide bonds. The van der Waals surface area contributed by atoms with E-state index in [1.54, 1.807) is 7.11 Å². The monoisotopic (exact) mass is 291 g/mol. The van der Waals surface area contributed by atoms with Crippen LogP contribution in [0.2, 0.25) is 0 Å². The van der Waals surface area contributed by atoms with E-state index in [9.17, 15) is 4.79 Å². The smallest absolute Gasteiger partial charge is 0.258 e. The Morgan fingerprint density at radius 3 is 2.50 bits per heavy atom. The van der Waals surface area contributed by atoms with Gasteiger partial charge in [-0.05, 0) is 44.1 Å². The van der Waals surface area contributed by atoms with Gasteiger partial charge in [0, 0.05) is 17.3 Å². The van der Waals surface area contributed by atoms with Gasteiger partial charge in [0.05, 0.1) is 12.7 Å². The highest BCUT2D eigenvalue weighted by molar-refractivity contribution is 7.99. The largest absolute Gasteiger partial charge is 0.496 e. The van der Waals surface area contributed by atoms with Crippen LogP contribution >= 0.6 is 11.8 Å². The number of carbonyl (C=O) groups is 1. The predicted molar refractivity (Wildman–Crippen MR) is 82.5 cm³/mol. The van der Waals surface area contributed by atoms with Crippen molar-refractivity contribution in [1.82, 2.24) is 4.90 Å². The number of rotatable bonds is 3. The molecular formula is C16H21NO2S. The van der Waals surface area contributed by atoms with Crippen LogP contribution in [0.3, 0.4) is 0 Å². The minimum Gasteiger partial charge on any atom is -0.496 e. The van der Waals surface area contributed by atoms with Gasteiger partial charge in [0.15, 0.2) is 0 Å². The molecule has 0 N–H and O–H groups in total. The number of carbonyl (C=O) groups excluding carboxylic acids is 1. The molecule has 2 aliphatic rings. The van der Waals surface area contributed by atoms with Gasteiger partial charge in [0.25, 0.3) is 5.91 Å². The molecule has 0 aromatic heterocycles. The third-order valence-electron chi connectivity index (χ3n) is 4.60. The second-order valence-electron chi connectivity index (χ2n) is 5.63. The molecule has 108 valence electrons. The lowest BCUT2D eigenvalue weighted by Gasteiger charge is -2.38. The predicted octanol–water partition coefficient (Wildman–Crippen LogP) is 3.19. The molecule has 0 unspecified atom stereocenters. The zero-order valence-corrected chi connectivity index (χ0v) is 12.9. The Balaban J connectivity index is 1.85. The topological polar surface area (TPSA) is 29.5 Å². The van der Waals surface area contributed by atoms with Crippen LogP contribution in [0.5, 0.6) is 5.75 Å². The molecule has 20 heavy (non-hydrogen) atoms. The van der Waals surface area contributed by atoms with E-state index in [0.29, 0.717) is 28.6 Å². The van der Waals surface area contributed by atoms with Crippen molar-refractivity contribution in [3.05, 3.63) is 29.8 Å². The molecule has 1 aromatic carbocycles. The van der Waals surface area contributed by atoms with E-state index >= 15 is 0 Å². The number of methoxy groups -OCH3 is 1. The van der Waals surface area contributed by atoms with Gasteiger partial charge in [-0.15, -0.1) is 0 Å². The average molecular weight is 291 g/mol. The Morgan fingerprint density at radius 2 is 1.90 bits per heavy atom. The highest BCUT2D eigenvalue weighted by Gasteiger charge is 2.43. The summed E-state index contributed by atoms with van der Waals surface area (Å²) in [5.41, 5.74) is 0.703. The maximum atomic E-state index is 12.9. The highest BCUT2D eigenvalue weighted by atomic mass is 32.2. The van der Waals surface area contributed by atoms with E-state index in [2.05, 4.69) is 11.2 Å². The molecular weight excluding hydrogens is 270 g/mol. The molecule has 3 rings (SSSR count). The summed E-state index contributed by atoms with van der Waals surface area (Å²) in [7, 11) is 1.63. The van der Waals surface area contributed by atoms with Gasteiger partial charge in [0.1, 0.15) is 5.75 Å². The maximum absolute atomic E-state index is 12.9. The maximum Gasteiger partial charge on any atom is 0.258 e. The summed E-state index contributed by atoms with van der Waals surface area (Å²) in [6, 6.07) is 8.40. The van der Waals surface area contributed by atoms with Crippen molar-refractivity contribution in [1.29, 1.82) is 0 Å². The normalized spacial score (nSPS) is 28.5. The Hall–Kier alpha value is -1.16. The summed E-state index contributed by atoms with van der Waals surface area (Å²) in [4.78, 5) is 15.0. The molecule has 2 heterocycles. The zero-order valence-electron chi connectivity index (χ0n) is 12.0. The first-order valence-corrected chi connectivity index (χ1v) is 8.52. The van der Waals surface area contributed by atoms with Crippen molar-refractivity contribution >= 4 is 17.7 Å². The van der Waals surface area contributed by atoms with Crippen LogP contribution in [0.25, 0.3) is 0 Å². The van der Waals surface area contributed by atoms with Crippen LogP contribution < -0.4 is 4.74 Å². The molecule has 3 nitrogen and oxygen atoms in total. The van der Waals surface area contributed by atoms with Crippen molar-refractivity contribution in [3.63, 3.8) is 0 Å². The van der Waals surface area contributed by atoms with Crippen LogP contribution in [0.1, 0.15) is 36.0 Å². The van der Waals surface area contributed by atoms with Crippen LogP contribution in [0.4, 0.5) is 0 Å². The highest BCUT2D eigenvalue weighted by Crippen LogP contribution is 2.40. The second-order valence-corrected chi connectivity index (χ2v) is 6.76. The van der Waals surface area contributed by atoms with Crippen LogP contribution in [0, 0.1) is 0 Å². The standard InChI is InChI=1S/C16H21NO2S/c1-19-15-6-4-3-5-14(15)16(18)17-11-7-8-12(17)10-13(9-11)20-2/h3-6,11-13H,7-10H2,1-2H3/t11-,12-/m0/s1. The number of nitrogens with zero attached hydrogens (tertiary/aromatic N) is 1. The number of fused-ring (bicyclic) bond motifs is 2. The molecule has 2 aliphatic heterocycles. The molecule has 2 bridgehead atoms. The Morgan fingerprint density at radius 1 is 1.25 bits per heavy atom. The van der Waals surface area contributed by atoms with Gasteiger partial charge in [-0.25, -0.2) is 0 Å². The summed E-state index contributed by atoms with van der Waals surface area (Å²) < 4.78 is 5.34. The minimum atomic E-state index is 0.148. The van der Waals surface area contributed by atoms with Gasteiger partial charge < -0.3 is 9.64 Å². The molecule has 2 atom stereocenters. The minimum absolute atomic E-state index is 0.148. The van der Waals surface area contributed by atoms with Crippen molar-refractivity contribution in [2.45, 2.75) is 43.0 Å². The van der Waals surface area contributed by atoms with Crippen molar-refractivity contribution in [2.24, 2.45) is 0 Å². The SMILES string of the molecule is COc1ccccc1C(=O)N1[C@H]2CC[C@H]1CC(SC)C2. The number of para-hydroxylation sites is 1. The van der Waals surface area contributed by atoms with E-state index in [-0.39, 0.29) is 5.91 Å². The summed E-state index contributed by atoms with van der Waals surface area (Å²) in [5.74, 6) is 0.832. The first-order valence-electron chi connectivity index (χ1n) is 7.23. The summed E-state index contributed by atoms with van der Waals surface area (Å²) in [6.07, 6.45) is 6.77. The zero-order chi connectivity index (χ0) is 14.1. The molecule has 2 saturated heterocycles. The fourth-order valence-electron chi connectivity index (χ4n) is 3.61. The van der Waals surface area contributed by atoms with Gasteiger partial charge in [-0.1, -0.05) is 12.1 Å². The quantitative estimate of drug-likeness (QED) is 0.856. The number of amides is 1. The van der Waals surface area contributed by atoms with Crippen LogP contribution in [-0.2, 0) is 0 Å². The van der Waals surface area contributed by atoms with E-state index in [1.165, 1.54) is 0 Å². The van der Waals surface area contributed by atoms with Gasteiger partial charge in [-0.3, -0.25) is 4.79 Å². The molecule has 2 fully saturated rings. The third kappa shape index (κ3) is 2.30. The van der Waals surface area contributed by atoms with Crippen molar-refractivity contribution in [3.8, 4) is 5.75 Å². The molecule has 0 radical (unpaired) electrons. The summed E-state index contributed by atoms with van der Waals surface area (Å²) in [5, 5.41) is 0.717. The van der Waals surface area contributed by atoms with E-state index < -0.39 is 0 Å². The van der Waals surface area contributed by atoms with Gasteiger partial charge in [-0.2, -0.15) is 11.8 Å². The second kappa shape index (κ2) is 5.68. The number of hydrogen-bond acceptors (Lipinski definition) is 3. The number of thioether (sulfide) groups is 1. The Labute approximate surface area is 124 Å². The fourth-order valence-corrected chi connectivity index (χ4v) is 4.44. The average Bonchev–Trinajstić information content (AvgIpc) is 2.76. The van der Waals surface area contributed by atoms with Crippen LogP contribution in [-0.4, -0.2) is 41.5 Å². The number of piperidine rings is 1. The lowest BCUT2D eigenvalue weighted by atomic mass is 10.0. The summed E-state index contributed by atoms with van der Waals surface area (Å²) in [6.45, 7) is 0.